The van der Waals surface area contributed by atoms with E-state index in [1.54, 1.807) is 24.4 Å². The summed E-state index contributed by atoms with van der Waals surface area (Å²) in [6.45, 7) is 4.84. The lowest BCUT2D eigenvalue weighted by molar-refractivity contribution is 0.600. The zero-order valence-electron chi connectivity index (χ0n) is 12.5. The summed E-state index contributed by atoms with van der Waals surface area (Å²) in [5, 5.41) is 3.40. The molecule has 0 saturated heterocycles. The predicted molar refractivity (Wildman–Crippen MR) is 84.0 cm³/mol. The summed E-state index contributed by atoms with van der Waals surface area (Å²) in [6, 6.07) is 8.97. The molecule has 1 N–H and O–H groups in total. The Morgan fingerprint density at radius 2 is 2.05 bits per heavy atom. The standard InChI is InChI=1S/C16H20N2O2S/c1-4-18-16(15-11-17-9-8-12(15)2)13-6-5-7-14(10-13)21(3,19)20/h5-11,16,18H,4H2,1-3H3. The number of nitrogens with one attached hydrogen (secondary N) is 1. The summed E-state index contributed by atoms with van der Waals surface area (Å²) < 4.78 is 23.5. The van der Waals surface area contributed by atoms with Crippen molar-refractivity contribution >= 4 is 9.84 Å². The fourth-order valence-electron chi connectivity index (χ4n) is 2.31. The van der Waals surface area contributed by atoms with E-state index in [1.165, 1.54) is 6.26 Å². The van der Waals surface area contributed by atoms with Crippen molar-refractivity contribution in [2.45, 2.75) is 24.8 Å². The number of aromatic nitrogens is 1. The van der Waals surface area contributed by atoms with E-state index in [0.29, 0.717) is 4.90 Å². The second kappa shape index (κ2) is 6.37. The Balaban J connectivity index is 2.51. The number of benzene rings is 1. The third-order valence-electron chi connectivity index (χ3n) is 3.42. The van der Waals surface area contributed by atoms with Crippen molar-refractivity contribution in [2.75, 3.05) is 12.8 Å². The molecule has 0 saturated carbocycles. The van der Waals surface area contributed by atoms with Gasteiger partial charge in [-0.15, -0.1) is 0 Å². The monoisotopic (exact) mass is 304 g/mol. The summed E-state index contributed by atoms with van der Waals surface area (Å²) in [7, 11) is -3.21. The van der Waals surface area contributed by atoms with Crippen molar-refractivity contribution in [3.8, 4) is 0 Å². The second-order valence-electron chi connectivity index (χ2n) is 5.07. The number of hydrogen-bond donors (Lipinski definition) is 1. The first kappa shape index (κ1) is 15.7. The summed E-state index contributed by atoms with van der Waals surface area (Å²) in [5.74, 6) is 0. The zero-order valence-corrected chi connectivity index (χ0v) is 13.3. The van der Waals surface area contributed by atoms with Crippen LogP contribution in [0.25, 0.3) is 0 Å². The minimum Gasteiger partial charge on any atom is -0.306 e. The number of hydrogen-bond acceptors (Lipinski definition) is 4. The molecule has 112 valence electrons. The SMILES string of the molecule is CCNC(c1cccc(S(C)(=O)=O)c1)c1cnccc1C. The van der Waals surface area contributed by atoms with Crippen LogP contribution in [0.1, 0.15) is 29.7 Å². The molecule has 0 bridgehead atoms. The lowest BCUT2D eigenvalue weighted by atomic mass is 9.97. The third kappa shape index (κ3) is 3.68. The molecule has 0 aliphatic rings. The van der Waals surface area contributed by atoms with Gasteiger partial charge < -0.3 is 5.32 Å². The molecule has 1 atom stereocenters. The van der Waals surface area contributed by atoms with Crippen LogP contribution in [0.4, 0.5) is 0 Å². The van der Waals surface area contributed by atoms with Gasteiger partial charge in [-0.25, -0.2) is 8.42 Å². The molecular weight excluding hydrogens is 284 g/mol. The second-order valence-corrected chi connectivity index (χ2v) is 7.08. The van der Waals surface area contributed by atoms with Crippen molar-refractivity contribution < 1.29 is 8.42 Å². The Bertz CT molecular complexity index is 727. The van der Waals surface area contributed by atoms with E-state index in [4.69, 9.17) is 0 Å². The first-order valence-electron chi connectivity index (χ1n) is 6.87. The molecule has 0 aliphatic heterocycles. The smallest absolute Gasteiger partial charge is 0.175 e. The van der Waals surface area contributed by atoms with Crippen molar-refractivity contribution in [1.82, 2.24) is 10.3 Å². The van der Waals surface area contributed by atoms with Gasteiger partial charge in [-0.3, -0.25) is 4.98 Å². The van der Waals surface area contributed by atoms with Crippen LogP contribution in [-0.2, 0) is 9.84 Å². The lowest BCUT2D eigenvalue weighted by Crippen LogP contribution is -2.23. The maximum atomic E-state index is 11.7. The van der Waals surface area contributed by atoms with Gasteiger partial charge in [-0.05, 0) is 48.4 Å². The molecular formula is C16H20N2O2S. The van der Waals surface area contributed by atoms with Crippen LogP contribution in [0.5, 0.6) is 0 Å². The van der Waals surface area contributed by atoms with E-state index in [0.717, 1.165) is 23.2 Å². The van der Waals surface area contributed by atoms with Gasteiger partial charge >= 0.3 is 0 Å². The Hall–Kier alpha value is -1.72. The fraction of sp³-hybridized carbons (Fsp3) is 0.312. The van der Waals surface area contributed by atoms with E-state index >= 15 is 0 Å². The van der Waals surface area contributed by atoms with Gasteiger partial charge in [0.1, 0.15) is 0 Å². The van der Waals surface area contributed by atoms with Crippen LogP contribution >= 0.6 is 0 Å². The van der Waals surface area contributed by atoms with E-state index < -0.39 is 9.84 Å². The normalized spacial score (nSPS) is 13.1. The maximum Gasteiger partial charge on any atom is 0.175 e. The number of pyridine rings is 1. The van der Waals surface area contributed by atoms with Gasteiger partial charge in [0.2, 0.25) is 0 Å². The molecule has 1 aromatic carbocycles. The Kier molecular flexibility index (Phi) is 4.75. The number of sulfone groups is 1. The van der Waals surface area contributed by atoms with Gasteiger partial charge in [0, 0.05) is 18.6 Å². The predicted octanol–water partition coefficient (Wildman–Crippen LogP) is 2.49. The number of nitrogens with zero attached hydrogens (tertiary/aromatic N) is 1. The van der Waals surface area contributed by atoms with Gasteiger partial charge in [0.15, 0.2) is 9.84 Å². The first-order valence-corrected chi connectivity index (χ1v) is 8.76. The van der Waals surface area contributed by atoms with Gasteiger partial charge in [-0.2, -0.15) is 0 Å². The summed E-state index contributed by atoms with van der Waals surface area (Å²) >= 11 is 0. The Labute approximate surface area is 126 Å². The first-order chi connectivity index (χ1) is 9.93. The molecule has 21 heavy (non-hydrogen) atoms. The average Bonchev–Trinajstić information content (AvgIpc) is 2.45. The highest BCUT2D eigenvalue weighted by atomic mass is 32.2. The van der Waals surface area contributed by atoms with Crippen molar-refractivity contribution in [2.24, 2.45) is 0 Å². The van der Waals surface area contributed by atoms with Gasteiger partial charge in [-0.1, -0.05) is 19.1 Å². The topological polar surface area (TPSA) is 59.1 Å². The highest BCUT2D eigenvalue weighted by molar-refractivity contribution is 7.90. The van der Waals surface area contributed by atoms with Crippen LogP contribution in [0.2, 0.25) is 0 Å². The minimum atomic E-state index is -3.21. The van der Waals surface area contributed by atoms with Crippen LogP contribution in [0, 0.1) is 6.92 Å². The maximum absolute atomic E-state index is 11.7. The molecule has 5 heteroatoms. The van der Waals surface area contributed by atoms with Gasteiger partial charge in [0.25, 0.3) is 0 Å². The molecule has 4 nitrogen and oxygen atoms in total. The largest absolute Gasteiger partial charge is 0.306 e. The number of aryl methyl sites for hydroxylation is 1. The molecule has 2 rings (SSSR count). The lowest BCUT2D eigenvalue weighted by Gasteiger charge is -2.21. The molecule has 0 radical (unpaired) electrons. The van der Waals surface area contributed by atoms with Crippen LogP contribution < -0.4 is 5.32 Å². The highest BCUT2D eigenvalue weighted by Crippen LogP contribution is 2.25. The third-order valence-corrected chi connectivity index (χ3v) is 4.53. The molecule has 0 spiro atoms. The molecule has 2 aromatic rings. The van der Waals surface area contributed by atoms with Crippen LogP contribution in [-0.4, -0.2) is 26.2 Å². The van der Waals surface area contributed by atoms with Crippen molar-refractivity contribution in [3.63, 3.8) is 0 Å². The Morgan fingerprint density at radius 1 is 1.29 bits per heavy atom. The zero-order chi connectivity index (χ0) is 15.5. The van der Waals surface area contributed by atoms with Crippen molar-refractivity contribution in [1.29, 1.82) is 0 Å². The quantitative estimate of drug-likeness (QED) is 0.922. The van der Waals surface area contributed by atoms with Crippen LogP contribution in [0.15, 0.2) is 47.6 Å². The molecule has 0 amide bonds. The molecule has 0 fully saturated rings. The van der Waals surface area contributed by atoms with Gasteiger partial charge in [0.05, 0.1) is 10.9 Å². The van der Waals surface area contributed by atoms with E-state index in [9.17, 15) is 8.42 Å². The molecule has 1 heterocycles. The van der Waals surface area contributed by atoms with E-state index in [-0.39, 0.29) is 6.04 Å². The summed E-state index contributed by atoms with van der Waals surface area (Å²) in [4.78, 5) is 4.52. The minimum absolute atomic E-state index is 0.0644. The summed E-state index contributed by atoms with van der Waals surface area (Å²) in [6.07, 6.45) is 4.81. The van der Waals surface area contributed by atoms with E-state index in [2.05, 4.69) is 10.3 Å². The molecule has 1 unspecified atom stereocenters. The number of rotatable bonds is 5. The van der Waals surface area contributed by atoms with Crippen LogP contribution in [0.3, 0.4) is 0 Å². The molecule has 0 aliphatic carbocycles. The summed E-state index contributed by atoms with van der Waals surface area (Å²) in [5.41, 5.74) is 3.11. The fourth-order valence-corrected chi connectivity index (χ4v) is 2.99. The average molecular weight is 304 g/mol. The van der Waals surface area contributed by atoms with E-state index in [1.807, 2.05) is 32.2 Å². The Morgan fingerprint density at radius 3 is 2.67 bits per heavy atom. The highest BCUT2D eigenvalue weighted by Gasteiger charge is 2.17. The molecule has 1 aromatic heterocycles. The van der Waals surface area contributed by atoms with Crippen molar-refractivity contribution in [3.05, 3.63) is 59.4 Å².